The van der Waals surface area contributed by atoms with Crippen LogP contribution < -0.4 is 0 Å². The maximum atomic E-state index is 12.8. The lowest BCUT2D eigenvalue weighted by Crippen LogP contribution is -2.48. The quantitative estimate of drug-likeness (QED) is 0.640. The number of rotatable bonds is 6. The molecule has 0 saturated carbocycles. The van der Waals surface area contributed by atoms with E-state index in [-0.39, 0.29) is 5.75 Å². The number of fused-ring (bicyclic) bond motifs is 1. The molecule has 2 aromatic carbocycles. The van der Waals surface area contributed by atoms with Gasteiger partial charge in [0.05, 0.1) is 0 Å². The van der Waals surface area contributed by atoms with Crippen molar-refractivity contribution in [3.05, 3.63) is 71.9 Å². The van der Waals surface area contributed by atoms with E-state index in [1.807, 2.05) is 36.4 Å². The first-order valence-corrected chi connectivity index (χ1v) is 11.0. The van der Waals surface area contributed by atoms with Gasteiger partial charge in [0.25, 0.3) is 0 Å². The van der Waals surface area contributed by atoms with E-state index in [2.05, 4.69) is 34.3 Å². The zero-order valence-corrected chi connectivity index (χ0v) is 16.4. The highest BCUT2D eigenvalue weighted by molar-refractivity contribution is 7.88. The lowest BCUT2D eigenvalue weighted by Gasteiger charge is -2.33. The summed E-state index contributed by atoms with van der Waals surface area (Å²) in [6.45, 7) is 3.25. The van der Waals surface area contributed by atoms with E-state index in [0.717, 1.165) is 25.0 Å². The van der Waals surface area contributed by atoms with Gasteiger partial charge in [-0.15, -0.1) is 0 Å². The summed E-state index contributed by atoms with van der Waals surface area (Å²) < 4.78 is 32.4. The molecule has 0 amide bonds. The normalized spacial score (nSPS) is 16.9. The molecule has 0 N–H and O–H groups in total. The third-order valence-electron chi connectivity index (χ3n) is 4.97. The van der Waals surface area contributed by atoms with Crippen molar-refractivity contribution in [1.82, 2.24) is 14.4 Å². The van der Waals surface area contributed by atoms with Crippen LogP contribution in [0.1, 0.15) is 11.3 Å². The highest BCUT2D eigenvalue weighted by Crippen LogP contribution is 2.21. The van der Waals surface area contributed by atoms with Gasteiger partial charge >= 0.3 is 0 Å². The van der Waals surface area contributed by atoms with Crippen LogP contribution in [0.3, 0.4) is 0 Å². The standard InChI is InChI=1S/C21H23N3O3S/c25-28(26,17-20-19-10-4-5-11-21(19)27-22-20)24-15-13-23(14-16-24)12-6-9-18-7-2-1-3-8-18/h1-11H,12-17H2/b9-6+. The van der Waals surface area contributed by atoms with E-state index >= 15 is 0 Å². The lowest BCUT2D eigenvalue weighted by molar-refractivity contribution is 0.204. The maximum absolute atomic E-state index is 12.8. The minimum atomic E-state index is -3.42. The average molecular weight is 398 g/mol. The summed E-state index contributed by atoms with van der Waals surface area (Å²) in [5.41, 5.74) is 2.26. The Balaban J connectivity index is 1.33. The predicted octanol–water partition coefficient (Wildman–Crippen LogP) is 2.99. The molecular weight excluding hydrogens is 374 g/mol. The minimum absolute atomic E-state index is 0.127. The van der Waals surface area contributed by atoms with Crippen molar-refractivity contribution in [2.75, 3.05) is 32.7 Å². The van der Waals surface area contributed by atoms with Gasteiger partial charge < -0.3 is 4.52 Å². The molecule has 0 spiro atoms. The van der Waals surface area contributed by atoms with E-state index in [0.29, 0.717) is 24.4 Å². The first-order chi connectivity index (χ1) is 13.6. The molecule has 4 rings (SSSR count). The topological polar surface area (TPSA) is 66.7 Å². The van der Waals surface area contributed by atoms with Gasteiger partial charge in [-0.25, -0.2) is 8.42 Å². The Kier molecular flexibility index (Phi) is 5.57. The lowest BCUT2D eigenvalue weighted by atomic mass is 10.2. The Morgan fingerprint density at radius 3 is 2.46 bits per heavy atom. The van der Waals surface area contributed by atoms with Crippen LogP contribution in [0.25, 0.3) is 17.0 Å². The largest absolute Gasteiger partial charge is 0.356 e. The molecule has 146 valence electrons. The first kappa shape index (κ1) is 18.9. The van der Waals surface area contributed by atoms with E-state index in [1.165, 1.54) is 5.56 Å². The second-order valence-corrected chi connectivity index (χ2v) is 8.86. The third-order valence-corrected chi connectivity index (χ3v) is 6.76. The molecule has 1 aliphatic rings. The van der Waals surface area contributed by atoms with E-state index in [4.69, 9.17) is 4.52 Å². The fourth-order valence-corrected chi connectivity index (χ4v) is 4.85. The van der Waals surface area contributed by atoms with E-state index < -0.39 is 10.0 Å². The first-order valence-electron chi connectivity index (χ1n) is 9.37. The Labute approximate surface area is 165 Å². The molecule has 1 aromatic heterocycles. The number of nitrogens with zero attached hydrogens (tertiary/aromatic N) is 3. The number of hydrogen-bond donors (Lipinski definition) is 0. The molecule has 0 aliphatic carbocycles. The van der Waals surface area contributed by atoms with Crippen molar-refractivity contribution < 1.29 is 12.9 Å². The van der Waals surface area contributed by atoms with Gasteiger partial charge in [-0.05, 0) is 17.7 Å². The number of hydrogen-bond acceptors (Lipinski definition) is 5. The molecule has 0 unspecified atom stereocenters. The zero-order valence-electron chi connectivity index (χ0n) is 15.6. The summed E-state index contributed by atoms with van der Waals surface area (Å²) in [4.78, 5) is 2.26. The third kappa shape index (κ3) is 4.32. The molecule has 0 bridgehead atoms. The summed E-state index contributed by atoms with van der Waals surface area (Å²) in [5.74, 6) is -0.127. The van der Waals surface area contributed by atoms with Crippen LogP contribution in [0, 0.1) is 0 Å². The Bertz CT molecular complexity index is 1050. The van der Waals surface area contributed by atoms with Crippen molar-refractivity contribution in [1.29, 1.82) is 0 Å². The highest BCUT2D eigenvalue weighted by Gasteiger charge is 2.28. The van der Waals surface area contributed by atoms with Crippen molar-refractivity contribution in [2.24, 2.45) is 0 Å². The number of piperazine rings is 1. The minimum Gasteiger partial charge on any atom is -0.356 e. The van der Waals surface area contributed by atoms with Crippen LogP contribution >= 0.6 is 0 Å². The molecule has 28 heavy (non-hydrogen) atoms. The molecular formula is C21H23N3O3S. The SMILES string of the molecule is O=S(=O)(Cc1noc2ccccc12)N1CCN(C/C=C/c2ccccc2)CC1. The van der Waals surface area contributed by atoms with Crippen LogP contribution in [0.2, 0.25) is 0 Å². The second kappa shape index (κ2) is 8.26. The Morgan fingerprint density at radius 2 is 1.68 bits per heavy atom. The van der Waals surface area contributed by atoms with Gasteiger partial charge in [0, 0.05) is 38.1 Å². The van der Waals surface area contributed by atoms with Crippen molar-refractivity contribution in [3.8, 4) is 0 Å². The van der Waals surface area contributed by atoms with Crippen LogP contribution in [0.15, 0.2) is 65.2 Å². The van der Waals surface area contributed by atoms with Crippen LogP contribution in [0.5, 0.6) is 0 Å². The monoisotopic (exact) mass is 397 g/mol. The van der Waals surface area contributed by atoms with Crippen molar-refractivity contribution in [3.63, 3.8) is 0 Å². The van der Waals surface area contributed by atoms with Gasteiger partial charge in [0.15, 0.2) is 5.58 Å². The van der Waals surface area contributed by atoms with Crippen LogP contribution in [0.4, 0.5) is 0 Å². The smallest absolute Gasteiger partial charge is 0.220 e. The molecule has 1 fully saturated rings. The second-order valence-electron chi connectivity index (χ2n) is 6.89. The van der Waals surface area contributed by atoms with E-state index in [9.17, 15) is 8.42 Å². The molecule has 0 atom stereocenters. The fraction of sp³-hybridized carbons (Fsp3) is 0.286. The molecule has 7 heteroatoms. The molecule has 6 nitrogen and oxygen atoms in total. The van der Waals surface area contributed by atoms with E-state index in [1.54, 1.807) is 10.4 Å². The number of sulfonamides is 1. The summed E-state index contributed by atoms with van der Waals surface area (Å²) >= 11 is 0. The summed E-state index contributed by atoms with van der Waals surface area (Å²) in [7, 11) is -3.42. The summed E-state index contributed by atoms with van der Waals surface area (Å²) in [6, 6.07) is 17.5. The number of aromatic nitrogens is 1. The molecule has 3 aromatic rings. The Hall–Kier alpha value is -2.48. The van der Waals surface area contributed by atoms with Gasteiger partial charge in [-0.2, -0.15) is 4.31 Å². The summed E-state index contributed by atoms with van der Waals surface area (Å²) in [6.07, 6.45) is 4.22. The summed E-state index contributed by atoms with van der Waals surface area (Å²) in [5, 5.41) is 4.72. The highest BCUT2D eigenvalue weighted by atomic mass is 32.2. The van der Waals surface area contributed by atoms with Crippen molar-refractivity contribution in [2.45, 2.75) is 5.75 Å². The fourth-order valence-electron chi connectivity index (χ4n) is 3.40. The van der Waals surface area contributed by atoms with Crippen LogP contribution in [-0.4, -0.2) is 55.5 Å². The van der Waals surface area contributed by atoms with Crippen molar-refractivity contribution >= 4 is 27.1 Å². The zero-order chi connectivity index (χ0) is 19.4. The molecule has 1 saturated heterocycles. The maximum Gasteiger partial charge on any atom is 0.220 e. The number of para-hydroxylation sites is 1. The number of benzene rings is 2. The van der Waals surface area contributed by atoms with Crippen LogP contribution in [-0.2, 0) is 15.8 Å². The molecule has 2 heterocycles. The van der Waals surface area contributed by atoms with Gasteiger partial charge in [0.1, 0.15) is 11.4 Å². The molecule has 1 aliphatic heterocycles. The van der Waals surface area contributed by atoms with Gasteiger partial charge in [-0.3, -0.25) is 4.90 Å². The predicted molar refractivity (Wildman–Crippen MR) is 110 cm³/mol. The Morgan fingerprint density at radius 1 is 0.964 bits per heavy atom. The van der Waals surface area contributed by atoms with Gasteiger partial charge in [-0.1, -0.05) is 59.8 Å². The van der Waals surface area contributed by atoms with Gasteiger partial charge in [0.2, 0.25) is 10.0 Å². The average Bonchev–Trinajstić information content (AvgIpc) is 3.12. The molecule has 0 radical (unpaired) electrons.